The summed E-state index contributed by atoms with van der Waals surface area (Å²) in [4.78, 5) is 66.6. The van der Waals surface area contributed by atoms with E-state index in [9.17, 15) is 24.0 Å². The van der Waals surface area contributed by atoms with Crippen LogP contribution < -0.4 is 4.74 Å². The van der Waals surface area contributed by atoms with Gasteiger partial charge in [-0.05, 0) is 80.4 Å². The van der Waals surface area contributed by atoms with E-state index in [1.807, 2.05) is 6.92 Å². The van der Waals surface area contributed by atoms with Gasteiger partial charge in [0.05, 0.1) is 17.4 Å². The number of hydrogen-bond donors (Lipinski definition) is 0. The van der Waals surface area contributed by atoms with E-state index in [-0.39, 0.29) is 26.5 Å². The molecule has 5 rings (SSSR count). The van der Waals surface area contributed by atoms with E-state index in [2.05, 4.69) is 31.9 Å². The summed E-state index contributed by atoms with van der Waals surface area (Å²) < 4.78 is 5.41. The zero-order valence-electron chi connectivity index (χ0n) is 22.3. The summed E-state index contributed by atoms with van der Waals surface area (Å²) in [5, 5.41) is 2.17. The van der Waals surface area contributed by atoms with Gasteiger partial charge in [-0.1, -0.05) is 61.2 Å². The van der Waals surface area contributed by atoms with Crippen LogP contribution >= 0.6 is 43.5 Å². The van der Waals surface area contributed by atoms with Crippen molar-refractivity contribution in [1.82, 2.24) is 10.0 Å². The Morgan fingerprint density at radius 3 is 1.86 bits per heavy atom. The third kappa shape index (κ3) is 6.21. The van der Waals surface area contributed by atoms with Gasteiger partial charge in [-0.25, -0.2) is 9.80 Å². The van der Waals surface area contributed by atoms with Crippen molar-refractivity contribution >= 4 is 72.9 Å². The van der Waals surface area contributed by atoms with Gasteiger partial charge >= 0.3 is 5.97 Å². The number of fused-ring (bicyclic) bond motifs is 1. The van der Waals surface area contributed by atoms with Crippen molar-refractivity contribution in [3.8, 4) is 5.75 Å². The zero-order valence-corrected chi connectivity index (χ0v) is 26.3. The van der Waals surface area contributed by atoms with Gasteiger partial charge in [0.1, 0.15) is 12.3 Å². The van der Waals surface area contributed by atoms with Gasteiger partial charge in [0.25, 0.3) is 17.7 Å². The fourth-order valence-electron chi connectivity index (χ4n) is 5.08. The Bertz CT molecular complexity index is 1520. The molecule has 3 aromatic carbocycles. The average Bonchev–Trinajstić information content (AvgIpc) is 3.20. The van der Waals surface area contributed by atoms with Crippen LogP contribution in [0.25, 0.3) is 0 Å². The first-order valence-electron chi connectivity index (χ1n) is 13.2. The number of hydrogen-bond acceptors (Lipinski definition) is 6. The van der Waals surface area contributed by atoms with Crippen molar-refractivity contribution in [3.63, 3.8) is 0 Å². The molecule has 42 heavy (non-hydrogen) atoms. The number of ether oxygens (including phenoxy) is 1. The minimum Gasteiger partial charge on any atom is -0.423 e. The van der Waals surface area contributed by atoms with E-state index in [1.54, 1.807) is 24.3 Å². The second kappa shape index (κ2) is 12.5. The molecule has 0 bridgehead atoms. The highest BCUT2D eigenvalue weighted by Crippen LogP contribution is 2.43. The molecule has 3 amide bonds. The molecule has 1 saturated carbocycles. The van der Waals surface area contributed by atoms with Crippen molar-refractivity contribution in [2.24, 2.45) is 11.8 Å². The van der Waals surface area contributed by atoms with Crippen molar-refractivity contribution in [1.29, 1.82) is 0 Å². The number of nitrogens with zero attached hydrogens (tertiary/aromatic N) is 2. The van der Waals surface area contributed by atoms with E-state index in [0.717, 1.165) is 15.6 Å². The van der Waals surface area contributed by atoms with Gasteiger partial charge in [0, 0.05) is 25.8 Å². The number of ketones is 1. The van der Waals surface area contributed by atoms with Crippen molar-refractivity contribution in [2.75, 3.05) is 6.54 Å². The number of aryl methyl sites for hydroxylation is 1. The van der Waals surface area contributed by atoms with Gasteiger partial charge in [0.2, 0.25) is 0 Å². The highest BCUT2D eigenvalue weighted by atomic mass is 79.9. The van der Waals surface area contributed by atoms with Crippen LogP contribution in [-0.2, 0) is 9.59 Å². The Morgan fingerprint density at radius 2 is 1.31 bits per heavy atom. The van der Waals surface area contributed by atoms with Crippen LogP contribution in [0, 0.1) is 18.8 Å². The molecule has 1 aliphatic carbocycles. The van der Waals surface area contributed by atoms with E-state index in [4.69, 9.17) is 16.3 Å². The van der Waals surface area contributed by atoms with Gasteiger partial charge in [-0.15, -0.1) is 0 Å². The maximum Gasteiger partial charge on any atom is 0.343 e. The molecule has 0 radical (unpaired) electrons. The molecule has 0 N–H and O–H groups in total. The summed E-state index contributed by atoms with van der Waals surface area (Å²) >= 11 is 13.1. The van der Waals surface area contributed by atoms with Crippen LogP contribution in [-0.4, -0.2) is 55.7 Å². The molecule has 8 nitrogen and oxygen atoms in total. The largest absolute Gasteiger partial charge is 0.423 e. The lowest BCUT2D eigenvalue weighted by molar-refractivity contribution is -0.154. The summed E-state index contributed by atoms with van der Waals surface area (Å²) in [5.74, 6) is -3.74. The number of carbonyl (C=O) groups is 5. The maximum atomic E-state index is 13.7. The highest BCUT2D eigenvalue weighted by Gasteiger charge is 2.54. The van der Waals surface area contributed by atoms with E-state index >= 15 is 0 Å². The Labute approximate surface area is 264 Å². The number of benzene rings is 3. The summed E-state index contributed by atoms with van der Waals surface area (Å²) in [6, 6.07) is 18.8. The van der Waals surface area contributed by atoms with Crippen molar-refractivity contribution < 1.29 is 28.7 Å². The molecule has 216 valence electrons. The number of rotatable bonds is 7. The predicted molar refractivity (Wildman–Crippen MR) is 163 cm³/mol. The lowest BCUT2D eigenvalue weighted by atomic mass is 9.81. The molecule has 1 saturated heterocycles. The quantitative estimate of drug-likeness (QED) is 0.0974. The summed E-state index contributed by atoms with van der Waals surface area (Å²) in [6.45, 7) is 1.35. The van der Waals surface area contributed by atoms with Crippen LogP contribution in [0.15, 0.2) is 72.8 Å². The molecule has 0 aromatic heterocycles. The standard InChI is InChI=1S/C31H25Br2ClN2O6/c1-17-2-4-20(5-3-17)31(41)42-22-12-8-18(9-13-22)27(37)16-35(28(38)19-6-10-21(34)11-7-19)36-29(39)23-14-25(32)26(33)15-24(23)30(36)40/h2-13,23-26H,14-16H2,1H3/t23-,24+,25+,26-. The molecule has 3 aromatic rings. The van der Waals surface area contributed by atoms with E-state index < -0.39 is 47.9 Å². The van der Waals surface area contributed by atoms with Gasteiger partial charge in [-0.2, -0.15) is 5.01 Å². The van der Waals surface area contributed by atoms with Gasteiger partial charge in [0.15, 0.2) is 5.78 Å². The number of halogens is 3. The Hall–Kier alpha value is -3.34. The van der Waals surface area contributed by atoms with Crippen molar-refractivity contribution in [3.05, 3.63) is 100 Å². The molecule has 1 aliphatic heterocycles. The number of imide groups is 1. The summed E-state index contributed by atoms with van der Waals surface area (Å²) in [6.07, 6.45) is 0.836. The third-order valence-electron chi connectivity index (χ3n) is 7.42. The fourth-order valence-corrected chi connectivity index (χ4v) is 6.45. The Balaban J connectivity index is 1.37. The lowest BCUT2D eigenvalue weighted by Gasteiger charge is -2.30. The topological polar surface area (TPSA) is 101 Å². The molecule has 4 atom stereocenters. The first kappa shape index (κ1) is 30.1. The lowest BCUT2D eigenvalue weighted by Crippen LogP contribution is -2.52. The smallest absolute Gasteiger partial charge is 0.343 e. The van der Waals surface area contributed by atoms with Gasteiger partial charge < -0.3 is 4.74 Å². The Morgan fingerprint density at radius 1 is 0.810 bits per heavy atom. The third-order valence-corrected chi connectivity index (χ3v) is 10.4. The van der Waals surface area contributed by atoms with Crippen LogP contribution in [0.3, 0.4) is 0 Å². The minimum absolute atomic E-state index is 0.0175. The van der Waals surface area contributed by atoms with Crippen LogP contribution in [0.2, 0.25) is 5.02 Å². The summed E-state index contributed by atoms with van der Waals surface area (Å²) in [7, 11) is 0. The number of Topliss-reactive ketones (excluding diaryl/α,β-unsaturated/α-hetero) is 1. The number of carbonyl (C=O) groups excluding carboxylic acids is 5. The number of alkyl halides is 2. The van der Waals surface area contributed by atoms with Crippen LogP contribution in [0.5, 0.6) is 5.75 Å². The molecule has 2 aliphatic rings. The van der Waals surface area contributed by atoms with Crippen LogP contribution in [0.1, 0.15) is 49.5 Å². The number of esters is 1. The number of amides is 3. The molecule has 11 heteroatoms. The number of hydrazine groups is 1. The first-order chi connectivity index (χ1) is 20.0. The second-order valence-corrected chi connectivity index (χ2v) is 13.1. The molecular formula is C31H25Br2ClN2O6. The average molecular weight is 717 g/mol. The predicted octanol–water partition coefficient (Wildman–Crippen LogP) is 6.03. The minimum atomic E-state index is -0.685. The van der Waals surface area contributed by atoms with Crippen molar-refractivity contribution in [2.45, 2.75) is 29.4 Å². The van der Waals surface area contributed by atoms with E-state index in [0.29, 0.717) is 23.4 Å². The molecule has 0 spiro atoms. The zero-order chi connectivity index (χ0) is 30.1. The summed E-state index contributed by atoms with van der Waals surface area (Å²) in [5.41, 5.74) is 1.76. The molecule has 1 heterocycles. The second-order valence-electron chi connectivity index (χ2n) is 10.3. The molecular weight excluding hydrogens is 692 g/mol. The fraction of sp³-hybridized carbons (Fsp3) is 0.258. The SMILES string of the molecule is Cc1ccc(C(=O)Oc2ccc(C(=O)CN(C(=O)c3ccc(Cl)cc3)N3C(=O)[C@H]4C[C@@H](Br)[C@@H](Br)C[C@H]4C3=O)cc2)cc1. The Kier molecular flexibility index (Phi) is 8.96. The maximum absolute atomic E-state index is 13.7. The highest BCUT2D eigenvalue weighted by molar-refractivity contribution is 9.12. The normalized spacial score (nSPS) is 21.6. The molecule has 2 fully saturated rings. The van der Waals surface area contributed by atoms with Gasteiger partial charge in [-0.3, -0.25) is 19.2 Å². The van der Waals surface area contributed by atoms with Crippen LogP contribution in [0.4, 0.5) is 0 Å². The van der Waals surface area contributed by atoms with E-state index in [1.165, 1.54) is 48.5 Å². The molecule has 0 unspecified atom stereocenters. The first-order valence-corrected chi connectivity index (χ1v) is 15.4. The monoisotopic (exact) mass is 714 g/mol.